The van der Waals surface area contributed by atoms with Crippen molar-refractivity contribution in [3.63, 3.8) is 0 Å². The summed E-state index contributed by atoms with van der Waals surface area (Å²) >= 11 is 0. The SMILES string of the molecule is c1ccc(-c2ccc(-c3cc(-c4ccccc4)ncc3-c3ccccc3-c3cc(-c4ccccc4-c4ccc(-c5ccccn5)cc4)cc(-c4ccccc4-c4ccc(-n5cccn5)cc4)c3)cc2)cc1. The Balaban J connectivity index is 1.03. The first-order valence-corrected chi connectivity index (χ1v) is 24.0. The van der Waals surface area contributed by atoms with Crippen molar-refractivity contribution < 1.29 is 0 Å². The molecule has 0 amide bonds. The fraction of sp³-hybridized carbons (Fsp3) is 0. The summed E-state index contributed by atoms with van der Waals surface area (Å²) < 4.78 is 1.89. The number of benzene rings is 9. The van der Waals surface area contributed by atoms with Crippen molar-refractivity contribution in [2.45, 2.75) is 0 Å². The van der Waals surface area contributed by atoms with Gasteiger partial charge in [-0.15, -0.1) is 0 Å². The fourth-order valence-electron chi connectivity index (χ4n) is 9.75. The Morgan fingerprint density at radius 3 is 1.20 bits per heavy atom. The van der Waals surface area contributed by atoms with Gasteiger partial charge in [0.2, 0.25) is 0 Å². The molecule has 0 aliphatic carbocycles. The molecular weight excluding hydrogens is 861 g/mol. The van der Waals surface area contributed by atoms with Crippen LogP contribution in [0.4, 0.5) is 0 Å². The molecule has 4 heteroatoms. The molecule has 0 aliphatic rings. The molecule has 0 unspecified atom stereocenters. The average Bonchev–Trinajstić information content (AvgIpc) is 4.01. The molecule has 0 N–H and O–H groups in total. The number of rotatable bonds is 11. The van der Waals surface area contributed by atoms with Crippen molar-refractivity contribution in [2.75, 3.05) is 0 Å². The number of hydrogen-bond donors (Lipinski definition) is 0. The Kier molecular flexibility index (Phi) is 11.6. The molecule has 0 saturated carbocycles. The lowest BCUT2D eigenvalue weighted by Crippen LogP contribution is -1.95. The first-order valence-electron chi connectivity index (χ1n) is 24.0. The van der Waals surface area contributed by atoms with E-state index in [0.29, 0.717) is 0 Å². The summed E-state index contributed by atoms with van der Waals surface area (Å²) in [5.41, 5.74) is 23.1. The predicted octanol–water partition coefficient (Wildman–Crippen LogP) is 17.3. The molecule has 0 fully saturated rings. The smallest absolute Gasteiger partial charge is 0.0708 e. The molecular formula is C67H46N4. The second kappa shape index (κ2) is 19.2. The van der Waals surface area contributed by atoms with Crippen molar-refractivity contribution in [1.82, 2.24) is 19.7 Å². The number of hydrogen-bond acceptors (Lipinski definition) is 3. The maximum atomic E-state index is 5.17. The molecule has 334 valence electrons. The fourth-order valence-corrected chi connectivity index (χ4v) is 9.75. The van der Waals surface area contributed by atoms with Crippen LogP contribution in [-0.4, -0.2) is 19.7 Å². The molecule has 71 heavy (non-hydrogen) atoms. The molecule has 0 atom stereocenters. The van der Waals surface area contributed by atoms with Crippen LogP contribution in [0.2, 0.25) is 0 Å². The van der Waals surface area contributed by atoms with E-state index in [9.17, 15) is 0 Å². The lowest BCUT2D eigenvalue weighted by atomic mass is 9.85. The van der Waals surface area contributed by atoms with Gasteiger partial charge in [-0.25, -0.2) is 4.68 Å². The van der Waals surface area contributed by atoms with E-state index in [-0.39, 0.29) is 0 Å². The summed E-state index contributed by atoms with van der Waals surface area (Å²) in [4.78, 5) is 9.79. The molecule has 0 saturated heterocycles. The van der Waals surface area contributed by atoms with Gasteiger partial charge in [0.05, 0.1) is 17.1 Å². The van der Waals surface area contributed by atoms with Gasteiger partial charge in [-0.3, -0.25) is 9.97 Å². The zero-order valence-corrected chi connectivity index (χ0v) is 38.8. The van der Waals surface area contributed by atoms with E-state index < -0.39 is 0 Å². The Bertz CT molecular complexity index is 3750. The van der Waals surface area contributed by atoms with Gasteiger partial charge in [-0.1, -0.05) is 200 Å². The van der Waals surface area contributed by atoms with Crippen molar-refractivity contribution >= 4 is 0 Å². The lowest BCUT2D eigenvalue weighted by molar-refractivity contribution is 0.881. The Hall–Kier alpha value is -9.51. The van der Waals surface area contributed by atoms with Crippen LogP contribution in [0.3, 0.4) is 0 Å². The van der Waals surface area contributed by atoms with Gasteiger partial charge in [-0.05, 0) is 138 Å². The van der Waals surface area contributed by atoms with Gasteiger partial charge in [-0.2, -0.15) is 5.10 Å². The third-order valence-electron chi connectivity index (χ3n) is 13.3. The van der Waals surface area contributed by atoms with Crippen LogP contribution >= 0.6 is 0 Å². The molecule has 0 radical (unpaired) electrons. The second-order valence-electron chi connectivity index (χ2n) is 17.7. The van der Waals surface area contributed by atoms with Crippen LogP contribution in [0.5, 0.6) is 0 Å². The zero-order valence-electron chi connectivity index (χ0n) is 38.8. The Morgan fingerprint density at radius 1 is 0.239 bits per heavy atom. The summed E-state index contributed by atoms with van der Waals surface area (Å²) in [6.45, 7) is 0. The maximum absolute atomic E-state index is 5.17. The van der Waals surface area contributed by atoms with Gasteiger partial charge in [0, 0.05) is 41.5 Å². The van der Waals surface area contributed by atoms with Crippen molar-refractivity contribution in [1.29, 1.82) is 0 Å². The summed E-state index contributed by atoms with van der Waals surface area (Å²) in [5.74, 6) is 0. The summed E-state index contributed by atoms with van der Waals surface area (Å²) in [7, 11) is 0. The summed E-state index contributed by atoms with van der Waals surface area (Å²) in [6.07, 6.45) is 7.69. The van der Waals surface area contributed by atoms with Crippen molar-refractivity contribution in [2.24, 2.45) is 0 Å². The monoisotopic (exact) mass is 906 g/mol. The zero-order chi connectivity index (χ0) is 47.3. The van der Waals surface area contributed by atoms with Crippen LogP contribution < -0.4 is 0 Å². The lowest BCUT2D eigenvalue weighted by Gasteiger charge is -2.19. The highest BCUT2D eigenvalue weighted by atomic mass is 15.3. The minimum Gasteiger partial charge on any atom is -0.256 e. The summed E-state index contributed by atoms with van der Waals surface area (Å²) in [6, 6.07) is 91.0. The molecule has 0 spiro atoms. The highest BCUT2D eigenvalue weighted by Crippen LogP contribution is 2.44. The number of aromatic nitrogens is 4. The van der Waals surface area contributed by atoms with E-state index in [0.717, 1.165) is 106 Å². The molecule has 12 rings (SSSR count). The topological polar surface area (TPSA) is 43.6 Å². The highest BCUT2D eigenvalue weighted by molar-refractivity contribution is 5.97. The molecule has 9 aromatic carbocycles. The van der Waals surface area contributed by atoms with E-state index in [1.807, 2.05) is 47.5 Å². The largest absolute Gasteiger partial charge is 0.256 e. The average molecular weight is 907 g/mol. The van der Waals surface area contributed by atoms with E-state index in [1.165, 1.54) is 11.1 Å². The van der Waals surface area contributed by atoms with E-state index in [2.05, 4.69) is 247 Å². The molecule has 0 bridgehead atoms. The Morgan fingerprint density at radius 2 is 0.662 bits per heavy atom. The highest BCUT2D eigenvalue weighted by Gasteiger charge is 2.19. The van der Waals surface area contributed by atoms with E-state index >= 15 is 0 Å². The standard InChI is InChI=1S/C67H46N4/c1-3-16-47(17-4-1)48-27-29-51(30-28-48)64-45-67(52-18-5-2-6-19-52)69-46-65(64)63-25-12-11-24-62(63)56-43-54(60-22-9-7-20-58(60)49-31-33-53(34-32-49)66-26-13-14-39-68-66)42-55(44-56)61-23-10-8-21-59(61)50-35-37-57(38-36-50)71-41-15-40-70-71/h1-46H. The van der Waals surface area contributed by atoms with Gasteiger partial charge >= 0.3 is 0 Å². The van der Waals surface area contributed by atoms with E-state index in [4.69, 9.17) is 4.98 Å². The number of nitrogens with zero attached hydrogens (tertiary/aromatic N) is 4. The van der Waals surface area contributed by atoms with Gasteiger partial charge in [0.1, 0.15) is 0 Å². The van der Waals surface area contributed by atoms with Gasteiger partial charge in [0.25, 0.3) is 0 Å². The van der Waals surface area contributed by atoms with Crippen LogP contribution in [0.25, 0.3) is 117 Å². The Labute approximate surface area is 414 Å². The van der Waals surface area contributed by atoms with Gasteiger partial charge < -0.3 is 0 Å². The normalized spacial score (nSPS) is 11.1. The minimum atomic E-state index is 0.928. The van der Waals surface area contributed by atoms with Crippen molar-refractivity contribution in [3.05, 3.63) is 280 Å². The molecule has 3 aromatic heterocycles. The quantitative estimate of drug-likeness (QED) is 0.130. The van der Waals surface area contributed by atoms with Crippen LogP contribution in [0.1, 0.15) is 0 Å². The maximum Gasteiger partial charge on any atom is 0.0708 e. The first kappa shape index (κ1) is 42.8. The van der Waals surface area contributed by atoms with Crippen LogP contribution in [-0.2, 0) is 0 Å². The predicted molar refractivity (Wildman–Crippen MR) is 294 cm³/mol. The molecule has 0 aliphatic heterocycles. The summed E-state index contributed by atoms with van der Waals surface area (Å²) in [5, 5.41) is 4.47. The third kappa shape index (κ3) is 8.78. The second-order valence-corrected chi connectivity index (χ2v) is 17.7. The minimum absolute atomic E-state index is 0.928. The molecule has 4 nitrogen and oxygen atoms in total. The number of pyridine rings is 2. The van der Waals surface area contributed by atoms with E-state index in [1.54, 1.807) is 0 Å². The van der Waals surface area contributed by atoms with Gasteiger partial charge in [0.15, 0.2) is 0 Å². The molecule has 12 aromatic rings. The molecule has 3 heterocycles. The van der Waals surface area contributed by atoms with Crippen molar-refractivity contribution in [3.8, 4) is 117 Å². The van der Waals surface area contributed by atoms with Crippen LogP contribution in [0, 0.1) is 0 Å². The first-order chi connectivity index (χ1) is 35.2. The third-order valence-corrected chi connectivity index (χ3v) is 13.3. The van der Waals surface area contributed by atoms with Crippen LogP contribution in [0.15, 0.2) is 280 Å².